The molecule has 0 saturated heterocycles. The Hall–Kier alpha value is -3.23. The van der Waals surface area contributed by atoms with Crippen molar-refractivity contribution in [3.8, 4) is 5.75 Å². The first kappa shape index (κ1) is 16.6. The van der Waals surface area contributed by atoms with Gasteiger partial charge in [-0.3, -0.25) is 9.78 Å². The van der Waals surface area contributed by atoms with Crippen molar-refractivity contribution in [2.75, 3.05) is 11.1 Å². The average molecular weight is 350 g/mol. The molecule has 0 saturated carbocycles. The summed E-state index contributed by atoms with van der Waals surface area (Å²) in [4.78, 5) is 18.3. The van der Waals surface area contributed by atoms with Gasteiger partial charge in [0.05, 0.1) is 10.9 Å². The lowest BCUT2D eigenvalue weighted by Crippen LogP contribution is -2.17. The second-order valence-corrected chi connectivity index (χ2v) is 5.23. The molecule has 3 aromatic rings. The number of rotatable bonds is 4. The van der Waals surface area contributed by atoms with Crippen molar-refractivity contribution in [3.63, 3.8) is 0 Å². The third kappa shape index (κ3) is 4.19. The smallest absolute Gasteiger partial charge is 0.406 e. The summed E-state index contributed by atoms with van der Waals surface area (Å²) in [7, 11) is 0. The zero-order chi connectivity index (χ0) is 18.0. The van der Waals surface area contributed by atoms with Gasteiger partial charge < -0.3 is 15.8 Å². The molecule has 0 aliphatic carbocycles. The fourth-order valence-electron chi connectivity index (χ4n) is 2.28. The highest BCUT2D eigenvalue weighted by Crippen LogP contribution is 2.23. The number of fused-ring (bicyclic) bond motifs is 1. The maximum absolute atomic E-state index is 12.1. The number of alkyl halides is 3. The Balaban J connectivity index is 1.71. The molecule has 1 heterocycles. The van der Waals surface area contributed by atoms with Crippen molar-refractivity contribution in [1.29, 1.82) is 0 Å². The fourth-order valence-corrected chi connectivity index (χ4v) is 2.28. The van der Waals surface area contributed by atoms with Crippen molar-refractivity contribution >= 4 is 22.5 Å². The maximum atomic E-state index is 12.1. The van der Waals surface area contributed by atoms with Crippen molar-refractivity contribution in [2.24, 2.45) is 0 Å². The van der Waals surface area contributed by atoms with Gasteiger partial charge in [-0.1, -0.05) is 12.1 Å². The minimum absolute atomic E-state index is 0.0411. The first-order valence-electron chi connectivity index (χ1n) is 7.18. The quantitative estimate of drug-likeness (QED) is 0.673. The molecule has 0 atom stereocenters. The lowest BCUT2D eigenvalue weighted by molar-refractivity contribution is -0.274. The molecule has 9 heteroatoms. The predicted molar refractivity (Wildman–Crippen MR) is 87.2 cm³/mol. The van der Waals surface area contributed by atoms with Gasteiger partial charge in [0.1, 0.15) is 5.75 Å². The molecule has 1 aromatic heterocycles. The topological polar surface area (TPSA) is 93.0 Å². The van der Waals surface area contributed by atoms with E-state index in [0.717, 1.165) is 5.56 Å². The predicted octanol–water partition coefficient (Wildman–Crippen LogP) is 3.02. The van der Waals surface area contributed by atoms with E-state index < -0.39 is 6.36 Å². The van der Waals surface area contributed by atoms with Gasteiger partial charge in [-0.2, -0.15) is 0 Å². The van der Waals surface area contributed by atoms with Crippen molar-refractivity contribution in [3.05, 3.63) is 58.4 Å². The van der Waals surface area contributed by atoms with Crippen LogP contribution >= 0.6 is 0 Å². The zero-order valence-corrected chi connectivity index (χ0v) is 12.7. The average Bonchev–Trinajstić information content (AvgIpc) is 2.53. The van der Waals surface area contributed by atoms with Gasteiger partial charge in [0.2, 0.25) is 5.95 Å². The second kappa shape index (κ2) is 6.34. The second-order valence-electron chi connectivity index (χ2n) is 5.23. The van der Waals surface area contributed by atoms with E-state index in [1.54, 1.807) is 18.2 Å². The summed E-state index contributed by atoms with van der Waals surface area (Å²) in [6, 6.07) is 10.5. The molecule has 25 heavy (non-hydrogen) atoms. The van der Waals surface area contributed by atoms with Crippen LogP contribution in [0.15, 0.2) is 47.3 Å². The van der Waals surface area contributed by atoms with Gasteiger partial charge >= 0.3 is 6.36 Å². The molecule has 0 aliphatic heterocycles. The molecule has 0 amide bonds. The molecular weight excluding hydrogens is 337 g/mol. The SMILES string of the molecule is Nc1nc2ccc(NCc3ccc(OC(F)(F)F)cc3)cc2c(=O)[nH]1. The molecule has 0 spiro atoms. The summed E-state index contributed by atoms with van der Waals surface area (Å²) in [6.07, 6.45) is -4.71. The lowest BCUT2D eigenvalue weighted by Gasteiger charge is -2.10. The van der Waals surface area contributed by atoms with Crippen LogP contribution in [0.3, 0.4) is 0 Å². The van der Waals surface area contributed by atoms with Gasteiger partial charge in [-0.15, -0.1) is 13.2 Å². The largest absolute Gasteiger partial charge is 0.573 e. The van der Waals surface area contributed by atoms with Crippen molar-refractivity contribution in [1.82, 2.24) is 9.97 Å². The Morgan fingerprint density at radius 2 is 1.88 bits per heavy atom. The van der Waals surface area contributed by atoms with Crippen LogP contribution in [0, 0.1) is 0 Å². The minimum Gasteiger partial charge on any atom is -0.406 e. The fraction of sp³-hybridized carbons (Fsp3) is 0.125. The molecule has 6 nitrogen and oxygen atoms in total. The standard InChI is InChI=1S/C16H13F3N4O2/c17-16(18,19)25-11-4-1-9(2-5-11)8-21-10-3-6-13-12(7-10)14(24)23-15(20)22-13/h1-7,21H,8H2,(H3,20,22,23,24). The van der Waals surface area contributed by atoms with E-state index in [9.17, 15) is 18.0 Å². The molecule has 0 radical (unpaired) electrons. The number of nitrogens with two attached hydrogens (primary N) is 1. The molecule has 0 aliphatic rings. The van der Waals surface area contributed by atoms with Gasteiger partial charge in [0, 0.05) is 12.2 Å². The summed E-state index contributed by atoms with van der Waals surface area (Å²) in [6.45, 7) is 0.359. The first-order chi connectivity index (χ1) is 11.8. The number of hydrogen-bond acceptors (Lipinski definition) is 5. The molecule has 2 aromatic carbocycles. The summed E-state index contributed by atoms with van der Waals surface area (Å²) in [5.74, 6) is -0.239. The van der Waals surface area contributed by atoms with Crippen molar-refractivity contribution < 1.29 is 17.9 Å². The minimum atomic E-state index is -4.71. The number of nitrogens with zero attached hydrogens (tertiary/aromatic N) is 1. The number of nitrogen functional groups attached to an aromatic ring is 1. The summed E-state index contributed by atoms with van der Waals surface area (Å²) < 4.78 is 40.2. The number of ether oxygens (including phenoxy) is 1. The van der Waals surface area contributed by atoms with Crippen LogP contribution in [0.2, 0.25) is 0 Å². The Morgan fingerprint density at radius 1 is 1.16 bits per heavy atom. The third-order valence-electron chi connectivity index (χ3n) is 3.38. The van der Waals surface area contributed by atoms with Crippen LogP contribution in [0.5, 0.6) is 5.75 Å². The number of aromatic amines is 1. The zero-order valence-electron chi connectivity index (χ0n) is 12.7. The molecule has 130 valence electrons. The Morgan fingerprint density at radius 3 is 2.56 bits per heavy atom. The summed E-state index contributed by atoms with van der Waals surface area (Å²) >= 11 is 0. The van der Waals surface area contributed by atoms with E-state index in [0.29, 0.717) is 23.1 Å². The van der Waals surface area contributed by atoms with E-state index in [1.807, 2.05) is 0 Å². The van der Waals surface area contributed by atoms with E-state index in [1.165, 1.54) is 24.3 Å². The number of halogens is 3. The van der Waals surface area contributed by atoms with Gasteiger partial charge in [0.15, 0.2) is 0 Å². The van der Waals surface area contributed by atoms with Crippen LogP contribution < -0.4 is 21.3 Å². The monoisotopic (exact) mass is 350 g/mol. The normalized spacial score (nSPS) is 11.5. The number of aromatic nitrogens is 2. The highest BCUT2D eigenvalue weighted by Gasteiger charge is 2.30. The first-order valence-corrected chi connectivity index (χ1v) is 7.18. The van der Waals surface area contributed by atoms with Gasteiger partial charge in [-0.25, -0.2) is 4.98 Å². The molecule has 3 rings (SSSR count). The van der Waals surface area contributed by atoms with E-state index in [2.05, 4.69) is 20.0 Å². The van der Waals surface area contributed by atoms with Crippen molar-refractivity contribution in [2.45, 2.75) is 12.9 Å². The maximum Gasteiger partial charge on any atom is 0.573 e. The van der Waals surface area contributed by atoms with Crippen LogP contribution in [0.4, 0.5) is 24.8 Å². The Bertz CT molecular complexity index is 952. The number of nitrogens with one attached hydrogen (secondary N) is 2. The molecular formula is C16H13F3N4O2. The third-order valence-corrected chi connectivity index (χ3v) is 3.38. The Kier molecular flexibility index (Phi) is 4.22. The highest BCUT2D eigenvalue weighted by molar-refractivity contribution is 5.82. The number of benzene rings is 2. The van der Waals surface area contributed by atoms with Crippen LogP contribution in [0.25, 0.3) is 10.9 Å². The Labute approximate surface area is 139 Å². The van der Waals surface area contributed by atoms with Crippen LogP contribution in [-0.2, 0) is 6.54 Å². The highest BCUT2D eigenvalue weighted by atomic mass is 19.4. The van der Waals surface area contributed by atoms with E-state index in [4.69, 9.17) is 5.73 Å². The summed E-state index contributed by atoms with van der Waals surface area (Å²) in [5, 5.41) is 3.47. The number of anilines is 2. The van der Waals surface area contributed by atoms with Crippen LogP contribution in [0.1, 0.15) is 5.56 Å². The number of hydrogen-bond donors (Lipinski definition) is 3. The molecule has 0 unspecified atom stereocenters. The molecule has 0 bridgehead atoms. The molecule has 4 N–H and O–H groups in total. The summed E-state index contributed by atoms with van der Waals surface area (Å²) in [5.41, 5.74) is 7.03. The number of H-pyrrole nitrogens is 1. The lowest BCUT2D eigenvalue weighted by atomic mass is 10.2. The van der Waals surface area contributed by atoms with Crippen LogP contribution in [-0.4, -0.2) is 16.3 Å². The van der Waals surface area contributed by atoms with Gasteiger partial charge in [0.25, 0.3) is 5.56 Å². The van der Waals surface area contributed by atoms with E-state index in [-0.39, 0.29) is 17.3 Å². The van der Waals surface area contributed by atoms with E-state index >= 15 is 0 Å². The molecule has 0 fully saturated rings. The van der Waals surface area contributed by atoms with Gasteiger partial charge in [-0.05, 0) is 35.9 Å².